The summed E-state index contributed by atoms with van der Waals surface area (Å²) in [6.07, 6.45) is -0.811. The first kappa shape index (κ1) is 19.1. The third-order valence-electron chi connectivity index (χ3n) is 2.83. The number of rotatable bonds is 2. The Kier molecular flexibility index (Phi) is 7.44. The van der Waals surface area contributed by atoms with Crippen molar-refractivity contribution in [3.05, 3.63) is 0 Å². The molecule has 120 valence electrons. The van der Waals surface area contributed by atoms with Crippen LogP contribution in [0.15, 0.2) is 0 Å². The smallest absolute Gasteiger partial charge is 0.410 e. The molecular weight excluding hydrogens is 265 g/mol. The monoisotopic (exact) mass is 293 g/mol. The summed E-state index contributed by atoms with van der Waals surface area (Å²) in [6.45, 7) is 8.23. The van der Waals surface area contributed by atoms with Crippen LogP contribution in [0, 0.1) is 5.41 Å². The molecule has 1 saturated heterocycles. The number of likely N-dealkylation sites (tertiary alicyclic amines) is 1. The van der Waals surface area contributed by atoms with E-state index in [4.69, 9.17) is 14.9 Å². The number of hydrogen-bond donors (Lipinski definition) is 2. The number of aliphatic hydroxyl groups is 2. The van der Waals surface area contributed by atoms with Gasteiger partial charge in [0.25, 0.3) is 0 Å². The number of aliphatic hydroxyl groups excluding tert-OH is 2. The van der Waals surface area contributed by atoms with Crippen LogP contribution in [0.3, 0.4) is 0 Å². The minimum absolute atomic E-state index is 0.0317. The Morgan fingerprint density at radius 2 is 1.80 bits per heavy atom. The first-order valence-corrected chi connectivity index (χ1v) is 6.99. The van der Waals surface area contributed by atoms with Gasteiger partial charge in [-0.2, -0.15) is 0 Å². The SMILES string of the molecule is CC(C)(C)OC(=O)N1CC(F)C(CO)(CO)C1.CCC. The molecule has 0 radical (unpaired) electrons. The first-order chi connectivity index (χ1) is 9.15. The summed E-state index contributed by atoms with van der Waals surface area (Å²) >= 11 is 0. The summed E-state index contributed by atoms with van der Waals surface area (Å²) in [5.41, 5.74) is -1.91. The summed E-state index contributed by atoms with van der Waals surface area (Å²) < 4.78 is 18.8. The maximum atomic E-state index is 13.7. The lowest BCUT2D eigenvalue weighted by molar-refractivity contribution is 0.0102. The van der Waals surface area contributed by atoms with Crippen molar-refractivity contribution in [1.29, 1.82) is 0 Å². The summed E-state index contributed by atoms with van der Waals surface area (Å²) in [5, 5.41) is 18.3. The molecule has 1 aliphatic rings. The number of ether oxygens (including phenoxy) is 1. The number of carbonyl (C=O) groups is 1. The van der Waals surface area contributed by atoms with Gasteiger partial charge in [0, 0.05) is 6.54 Å². The highest BCUT2D eigenvalue weighted by Crippen LogP contribution is 2.33. The molecule has 1 fully saturated rings. The number of nitrogens with zero attached hydrogens (tertiary/aromatic N) is 1. The van der Waals surface area contributed by atoms with E-state index in [0.717, 1.165) is 0 Å². The Labute approximate surface area is 120 Å². The third kappa shape index (κ3) is 5.25. The lowest BCUT2D eigenvalue weighted by Gasteiger charge is -2.27. The minimum Gasteiger partial charge on any atom is -0.444 e. The Hall–Kier alpha value is -0.880. The van der Waals surface area contributed by atoms with Crippen LogP contribution in [-0.4, -0.2) is 59.3 Å². The first-order valence-electron chi connectivity index (χ1n) is 6.99. The zero-order chi connectivity index (χ0) is 16.0. The van der Waals surface area contributed by atoms with Crippen molar-refractivity contribution in [2.75, 3.05) is 26.3 Å². The van der Waals surface area contributed by atoms with Crippen molar-refractivity contribution in [1.82, 2.24) is 4.90 Å². The highest BCUT2D eigenvalue weighted by molar-refractivity contribution is 5.68. The fourth-order valence-electron chi connectivity index (χ4n) is 1.74. The Morgan fingerprint density at radius 3 is 2.10 bits per heavy atom. The van der Waals surface area contributed by atoms with Crippen molar-refractivity contribution >= 4 is 6.09 Å². The van der Waals surface area contributed by atoms with Gasteiger partial charge in [-0.3, -0.25) is 0 Å². The number of amides is 1. The fraction of sp³-hybridized carbons (Fsp3) is 0.929. The van der Waals surface area contributed by atoms with Crippen LogP contribution in [0.4, 0.5) is 9.18 Å². The zero-order valence-electron chi connectivity index (χ0n) is 13.1. The lowest BCUT2D eigenvalue weighted by atomic mass is 9.88. The summed E-state index contributed by atoms with van der Waals surface area (Å²) in [7, 11) is 0. The number of carbonyl (C=O) groups excluding carboxylic acids is 1. The van der Waals surface area contributed by atoms with E-state index in [1.807, 2.05) is 0 Å². The van der Waals surface area contributed by atoms with E-state index in [1.165, 1.54) is 11.3 Å². The largest absolute Gasteiger partial charge is 0.444 e. The van der Waals surface area contributed by atoms with E-state index >= 15 is 0 Å². The number of hydrogen-bond acceptors (Lipinski definition) is 4. The van der Waals surface area contributed by atoms with Crippen LogP contribution in [-0.2, 0) is 4.74 Å². The minimum atomic E-state index is -1.44. The molecule has 2 N–H and O–H groups in total. The normalized spacial score (nSPS) is 21.2. The predicted octanol–water partition coefficient (Wildman–Crippen LogP) is 1.96. The van der Waals surface area contributed by atoms with Crippen molar-refractivity contribution in [3.8, 4) is 0 Å². The molecule has 1 unspecified atom stereocenters. The van der Waals surface area contributed by atoms with Gasteiger partial charge in [0.05, 0.1) is 25.2 Å². The number of alkyl halides is 1. The van der Waals surface area contributed by atoms with E-state index in [9.17, 15) is 9.18 Å². The second kappa shape index (κ2) is 7.78. The quantitative estimate of drug-likeness (QED) is 0.816. The van der Waals surface area contributed by atoms with Gasteiger partial charge in [0.2, 0.25) is 0 Å². The third-order valence-corrected chi connectivity index (χ3v) is 2.83. The van der Waals surface area contributed by atoms with Crippen molar-refractivity contribution in [2.24, 2.45) is 5.41 Å². The molecule has 1 aliphatic heterocycles. The summed E-state index contributed by atoms with van der Waals surface area (Å²) in [5.74, 6) is 0. The van der Waals surface area contributed by atoms with Gasteiger partial charge >= 0.3 is 6.09 Å². The molecule has 0 spiro atoms. The summed E-state index contributed by atoms with van der Waals surface area (Å²) in [6, 6.07) is 0. The molecule has 0 aromatic heterocycles. The Morgan fingerprint density at radius 1 is 1.35 bits per heavy atom. The molecule has 1 atom stereocenters. The Balaban J connectivity index is 0.00000110. The van der Waals surface area contributed by atoms with Crippen LogP contribution >= 0.6 is 0 Å². The molecule has 0 aromatic rings. The second-order valence-corrected chi connectivity index (χ2v) is 6.21. The van der Waals surface area contributed by atoms with Crippen molar-refractivity contribution in [3.63, 3.8) is 0 Å². The van der Waals surface area contributed by atoms with Crippen LogP contribution in [0.25, 0.3) is 0 Å². The van der Waals surface area contributed by atoms with Crippen LogP contribution in [0.2, 0.25) is 0 Å². The lowest BCUT2D eigenvalue weighted by Crippen LogP contribution is -2.40. The van der Waals surface area contributed by atoms with E-state index in [2.05, 4.69) is 13.8 Å². The summed E-state index contributed by atoms with van der Waals surface area (Å²) in [4.78, 5) is 12.9. The highest BCUT2D eigenvalue weighted by Gasteiger charge is 2.49. The topological polar surface area (TPSA) is 70.0 Å². The van der Waals surface area contributed by atoms with Crippen LogP contribution in [0.5, 0.6) is 0 Å². The number of halogens is 1. The fourth-order valence-corrected chi connectivity index (χ4v) is 1.74. The zero-order valence-corrected chi connectivity index (χ0v) is 13.1. The van der Waals surface area contributed by atoms with E-state index in [-0.39, 0.29) is 13.1 Å². The molecule has 1 heterocycles. The molecule has 5 nitrogen and oxygen atoms in total. The van der Waals surface area contributed by atoms with Gasteiger partial charge in [-0.25, -0.2) is 9.18 Å². The maximum absolute atomic E-state index is 13.7. The predicted molar refractivity (Wildman–Crippen MR) is 75.3 cm³/mol. The standard InChI is InChI=1S/C11H20FNO4.C3H8/c1-10(2,3)17-9(16)13-4-8(12)11(5-13,6-14)7-15;1-3-2/h8,14-15H,4-7H2,1-3H3;3H2,1-2H3. The average molecular weight is 293 g/mol. The maximum Gasteiger partial charge on any atom is 0.410 e. The van der Waals surface area contributed by atoms with E-state index in [1.54, 1.807) is 20.8 Å². The van der Waals surface area contributed by atoms with Crippen LogP contribution < -0.4 is 0 Å². The van der Waals surface area contributed by atoms with Gasteiger partial charge in [-0.05, 0) is 20.8 Å². The molecule has 0 saturated carbocycles. The van der Waals surface area contributed by atoms with Gasteiger partial charge in [-0.1, -0.05) is 20.3 Å². The average Bonchev–Trinajstić information content (AvgIpc) is 2.66. The molecule has 1 amide bonds. The molecule has 0 aromatic carbocycles. The van der Waals surface area contributed by atoms with Crippen molar-refractivity contribution < 1.29 is 24.1 Å². The molecule has 20 heavy (non-hydrogen) atoms. The van der Waals surface area contributed by atoms with Gasteiger partial charge in [-0.15, -0.1) is 0 Å². The van der Waals surface area contributed by atoms with E-state index < -0.39 is 36.5 Å². The second-order valence-electron chi connectivity index (χ2n) is 6.21. The van der Waals surface area contributed by atoms with Crippen LogP contribution in [0.1, 0.15) is 41.0 Å². The van der Waals surface area contributed by atoms with Gasteiger partial charge in [0.15, 0.2) is 0 Å². The van der Waals surface area contributed by atoms with E-state index in [0.29, 0.717) is 0 Å². The molecule has 6 heteroatoms. The molecular formula is C14H28FNO4. The van der Waals surface area contributed by atoms with Gasteiger partial charge < -0.3 is 19.8 Å². The Bertz CT molecular complexity index is 300. The molecule has 1 rings (SSSR count). The highest BCUT2D eigenvalue weighted by atomic mass is 19.1. The van der Waals surface area contributed by atoms with Gasteiger partial charge in [0.1, 0.15) is 11.8 Å². The molecule has 0 bridgehead atoms. The molecule has 0 aliphatic carbocycles. The van der Waals surface area contributed by atoms with Crippen molar-refractivity contribution in [2.45, 2.75) is 52.8 Å².